The number of hydrogen-bond acceptors (Lipinski definition) is 5. The lowest BCUT2D eigenvalue weighted by Crippen LogP contribution is -2.46. The maximum absolute atomic E-state index is 10.5. The van der Waals surface area contributed by atoms with E-state index < -0.39 is 24.5 Å². The molecule has 0 aromatic rings. The second-order valence-corrected chi connectivity index (χ2v) is 2.69. The number of aliphatic hydroxyl groups is 2. The van der Waals surface area contributed by atoms with Crippen LogP contribution in [0.1, 0.15) is 13.3 Å². The van der Waals surface area contributed by atoms with E-state index in [1.807, 2.05) is 0 Å². The zero-order valence-corrected chi connectivity index (χ0v) is 6.77. The fraction of sp³-hybridized carbons (Fsp3) is 0.857. The summed E-state index contributed by atoms with van der Waals surface area (Å²) in [7, 11) is 0. The Hall–Kier alpha value is -0.650. The highest BCUT2D eigenvalue weighted by atomic mass is 16.6. The Balaban J connectivity index is 2.50. The van der Waals surface area contributed by atoms with Gasteiger partial charge in [0.15, 0.2) is 12.4 Å². The Morgan fingerprint density at radius 3 is 2.75 bits per heavy atom. The number of hydrogen-bond donors (Lipinski definition) is 2. The average Bonchev–Trinajstić information content (AvgIpc) is 1.97. The first-order valence-electron chi connectivity index (χ1n) is 3.76. The Bertz CT molecular complexity index is 159. The van der Waals surface area contributed by atoms with Crippen LogP contribution in [0.5, 0.6) is 0 Å². The summed E-state index contributed by atoms with van der Waals surface area (Å²) in [5.74, 6) is -0.538. The topological polar surface area (TPSA) is 76.0 Å². The second kappa shape index (κ2) is 3.84. The molecule has 0 bridgehead atoms. The molecule has 1 saturated heterocycles. The smallest absolute Gasteiger partial charge is 0.303 e. The van der Waals surface area contributed by atoms with Crippen LogP contribution in [0.3, 0.4) is 0 Å². The van der Waals surface area contributed by atoms with E-state index in [-0.39, 0.29) is 6.61 Å². The Labute approximate surface area is 69.9 Å². The van der Waals surface area contributed by atoms with Crippen molar-refractivity contribution in [1.29, 1.82) is 0 Å². The van der Waals surface area contributed by atoms with Crippen LogP contribution in [-0.4, -0.2) is 41.3 Å². The summed E-state index contributed by atoms with van der Waals surface area (Å²) in [6, 6.07) is 0. The molecule has 1 aliphatic heterocycles. The number of carbonyl (C=O) groups is 1. The molecule has 0 spiro atoms. The molecule has 0 unspecified atom stereocenters. The summed E-state index contributed by atoms with van der Waals surface area (Å²) in [6.45, 7) is 1.49. The Kier molecular flexibility index (Phi) is 3.02. The van der Waals surface area contributed by atoms with Gasteiger partial charge >= 0.3 is 5.97 Å². The predicted octanol–water partition coefficient (Wildman–Crippen LogP) is -0.982. The van der Waals surface area contributed by atoms with E-state index in [1.54, 1.807) is 0 Å². The molecule has 1 rings (SSSR count). The molecule has 0 aliphatic carbocycles. The summed E-state index contributed by atoms with van der Waals surface area (Å²) >= 11 is 0. The van der Waals surface area contributed by atoms with Crippen molar-refractivity contribution in [2.45, 2.75) is 31.8 Å². The number of aliphatic hydroxyl groups excluding tert-OH is 2. The molecule has 1 fully saturated rings. The first kappa shape index (κ1) is 9.44. The zero-order valence-electron chi connectivity index (χ0n) is 6.77. The van der Waals surface area contributed by atoms with Crippen molar-refractivity contribution in [3.05, 3.63) is 0 Å². The number of rotatable bonds is 1. The molecule has 0 saturated carbocycles. The number of carbonyl (C=O) groups excluding carboxylic acids is 1. The third-order valence-corrected chi connectivity index (χ3v) is 1.66. The highest BCUT2D eigenvalue weighted by Gasteiger charge is 2.34. The van der Waals surface area contributed by atoms with Crippen LogP contribution in [0.2, 0.25) is 0 Å². The normalized spacial score (nSPS) is 36.1. The van der Waals surface area contributed by atoms with Crippen molar-refractivity contribution < 1.29 is 24.5 Å². The molecule has 1 aliphatic rings. The van der Waals surface area contributed by atoms with E-state index in [4.69, 9.17) is 9.84 Å². The molecule has 3 atom stereocenters. The number of esters is 1. The molecular formula is C7H12O5. The quantitative estimate of drug-likeness (QED) is 0.502. The van der Waals surface area contributed by atoms with E-state index in [2.05, 4.69) is 4.74 Å². The van der Waals surface area contributed by atoms with Gasteiger partial charge in [-0.1, -0.05) is 0 Å². The molecule has 0 amide bonds. The largest absolute Gasteiger partial charge is 0.454 e. The van der Waals surface area contributed by atoms with Crippen LogP contribution in [0.15, 0.2) is 0 Å². The van der Waals surface area contributed by atoms with Crippen molar-refractivity contribution in [2.75, 3.05) is 6.61 Å². The molecular weight excluding hydrogens is 164 g/mol. The highest BCUT2D eigenvalue weighted by Crippen LogP contribution is 2.16. The van der Waals surface area contributed by atoms with Gasteiger partial charge in [0.1, 0.15) is 0 Å². The molecule has 5 heteroatoms. The standard InChI is InChI=1S/C7H12O5/c1-4(8)12-6-5(9)2-3-11-7(6)10/h5-7,9-10H,2-3H2,1H3/t5-,6+,7+/m0/s1. The van der Waals surface area contributed by atoms with Gasteiger partial charge in [0.2, 0.25) is 0 Å². The Morgan fingerprint density at radius 1 is 1.58 bits per heavy atom. The van der Waals surface area contributed by atoms with E-state index in [1.165, 1.54) is 6.92 Å². The van der Waals surface area contributed by atoms with Crippen molar-refractivity contribution in [1.82, 2.24) is 0 Å². The summed E-state index contributed by atoms with van der Waals surface area (Å²) in [5, 5.41) is 18.4. The van der Waals surface area contributed by atoms with Gasteiger partial charge in [-0.2, -0.15) is 0 Å². The fourth-order valence-electron chi connectivity index (χ4n) is 1.09. The maximum atomic E-state index is 10.5. The minimum absolute atomic E-state index is 0.278. The third kappa shape index (κ3) is 2.17. The summed E-state index contributed by atoms with van der Waals surface area (Å²) in [4.78, 5) is 10.5. The predicted molar refractivity (Wildman–Crippen MR) is 38.1 cm³/mol. The lowest BCUT2D eigenvalue weighted by molar-refractivity contribution is -0.232. The van der Waals surface area contributed by atoms with Gasteiger partial charge in [0.05, 0.1) is 12.7 Å². The van der Waals surface area contributed by atoms with Crippen LogP contribution in [0.4, 0.5) is 0 Å². The number of ether oxygens (including phenoxy) is 2. The molecule has 0 aromatic carbocycles. The van der Waals surface area contributed by atoms with Gasteiger partial charge in [-0.05, 0) is 0 Å². The van der Waals surface area contributed by atoms with Gasteiger partial charge in [-0.15, -0.1) is 0 Å². The SMILES string of the molecule is CC(=O)O[C@H]1[C@H](O)OCC[C@@H]1O. The van der Waals surface area contributed by atoms with Crippen molar-refractivity contribution in [3.8, 4) is 0 Å². The minimum atomic E-state index is -1.21. The third-order valence-electron chi connectivity index (χ3n) is 1.66. The van der Waals surface area contributed by atoms with Crippen LogP contribution in [0.25, 0.3) is 0 Å². The van der Waals surface area contributed by atoms with E-state index in [9.17, 15) is 9.90 Å². The fourth-order valence-corrected chi connectivity index (χ4v) is 1.09. The molecule has 70 valence electrons. The van der Waals surface area contributed by atoms with Crippen LogP contribution in [-0.2, 0) is 14.3 Å². The summed E-state index contributed by atoms with van der Waals surface area (Å²) < 4.78 is 9.43. The first-order valence-corrected chi connectivity index (χ1v) is 3.76. The molecule has 1 heterocycles. The first-order chi connectivity index (χ1) is 5.61. The second-order valence-electron chi connectivity index (χ2n) is 2.69. The molecule has 0 radical (unpaired) electrons. The molecule has 5 nitrogen and oxygen atoms in total. The van der Waals surface area contributed by atoms with Gasteiger partial charge in [0.25, 0.3) is 0 Å². The van der Waals surface area contributed by atoms with Gasteiger partial charge in [-0.25, -0.2) is 0 Å². The molecule has 2 N–H and O–H groups in total. The van der Waals surface area contributed by atoms with Crippen molar-refractivity contribution in [3.63, 3.8) is 0 Å². The van der Waals surface area contributed by atoms with E-state index in [0.717, 1.165) is 0 Å². The lowest BCUT2D eigenvalue weighted by atomic mass is 10.1. The molecule has 12 heavy (non-hydrogen) atoms. The van der Waals surface area contributed by atoms with Crippen LogP contribution >= 0.6 is 0 Å². The highest BCUT2D eigenvalue weighted by molar-refractivity contribution is 5.66. The monoisotopic (exact) mass is 176 g/mol. The zero-order chi connectivity index (χ0) is 9.14. The maximum Gasteiger partial charge on any atom is 0.303 e. The lowest BCUT2D eigenvalue weighted by Gasteiger charge is -2.31. The van der Waals surface area contributed by atoms with Crippen LogP contribution in [0, 0.1) is 0 Å². The van der Waals surface area contributed by atoms with Crippen molar-refractivity contribution in [2.24, 2.45) is 0 Å². The average molecular weight is 176 g/mol. The molecule has 0 aromatic heterocycles. The minimum Gasteiger partial charge on any atom is -0.454 e. The van der Waals surface area contributed by atoms with E-state index in [0.29, 0.717) is 6.42 Å². The van der Waals surface area contributed by atoms with Gasteiger partial charge in [-0.3, -0.25) is 4.79 Å². The van der Waals surface area contributed by atoms with Gasteiger partial charge in [0, 0.05) is 13.3 Å². The van der Waals surface area contributed by atoms with Crippen molar-refractivity contribution >= 4 is 5.97 Å². The summed E-state index contributed by atoms with van der Waals surface area (Å²) in [5.41, 5.74) is 0. The van der Waals surface area contributed by atoms with Gasteiger partial charge < -0.3 is 19.7 Å². The Morgan fingerprint density at radius 2 is 2.25 bits per heavy atom. The van der Waals surface area contributed by atoms with Crippen LogP contribution < -0.4 is 0 Å². The van der Waals surface area contributed by atoms with E-state index >= 15 is 0 Å². The summed E-state index contributed by atoms with van der Waals surface area (Å²) in [6.07, 6.45) is -2.62.